The van der Waals surface area contributed by atoms with Crippen LogP contribution in [0.5, 0.6) is 0 Å². The van der Waals surface area contributed by atoms with Crippen molar-refractivity contribution in [3.05, 3.63) is 54.4 Å². The van der Waals surface area contributed by atoms with Gasteiger partial charge in [0.2, 0.25) is 0 Å². The second-order valence-corrected chi connectivity index (χ2v) is 5.06. The molecule has 0 saturated carbocycles. The van der Waals surface area contributed by atoms with E-state index in [1.54, 1.807) is 6.07 Å². The van der Waals surface area contributed by atoms with Crippen molar-refractivity contribution in [3.8, 4) is 0 Å². The number of anilines is 2. The topological polar surface area (TPSA) is 62.5 Å². The Morgan fingerprint density at radius 3 is 2.24 bits per heavy atom. The number of nitrogens with zero attached hydrogens (tertiary/aromatic N) is 3. The van der Waals surface area contributed by atoms with Crippen molar-refractivity contribution in [1.29, 1.82) is 0 Å². The summed E-state index contributed by atoms with van der Waals surface area (Å²) in [4.78, 5) is 20.1. The highest BCUT2D eigenvalue weighted by molar-refractivity contribution is 5.98. The molecule has 1 aliphatic heterocycles. The van der Waals surface area contributed by atoms with Crippen LogP contribution in [0.25, 0.3) is 0 Å². The third kappa shape index (κ3) is 2.81. The molecule has 0 unspecified atom stereocenters. The number of amides is 1. The number of aromatic nitrogens is 1. The van der Waals surface area contributed by atoms with E-state index in [0.29, 0.717) is 5.56 Å². The molecule has 1 saturated heterocycles. The number of carbonyl (C=O) groups excluding carboxylic acids is 1. The average molecular weight is 282 g/mol. The molecule has 21 heavy (non-hydrogen) atoms. The molecular weight excluding hydrogens is 264 g/mol. The van der Waals surface area contributed by atoms with Crippen molar-refractivity contribution in [1.82, 2.24) is 4.98 Å². The molecule has 1 fully saturated rings. The average Bonchev–Trinajstić information content (AvgIpc) is 2.56. The largest absolute Gasteiger partial charge is 0.368 e. The van der Waals surface area contributed by atoms with Crippen molar-refractivity contribution in [2.75, 3.05) is 36.0 Å². The van der Waals surface area contributed by atoms with Crippen LogP contribution in [-0.2, 0) is 0 Å². The van der Waals surface area contributed by atoms with Crippen LogP contribution in [0.3, 0.4) is 0 Å². The van der Waals surface area contributed by atoms with Crippen LogP contribution in [0.15, 0.2) is 48.8 Å². The van der Waals surface area contributed by atoms with Crippen molar-refractivity contribution in [2.24, 2.45) is 5.73 Å². The lowest BCUT2D eigenvalue weighted by Gasteiger charge is -2.37. The minimum absolute atomic E-state index is 0.373. The van der Waals surface area contributed by atoms with Gasteiger partial charge in [0.15, 0.2) is 0 Å². The SMILES string of the molecule is NC(=O)c1ccccc1N1CCN(c2ccncc2)CC1. The lowest BCUT2D eigenvalue weighted by molar-refractivity contribution is 0.100. The van der Waals surface area contributed by atoms with Gasteiger partial charge in [0.25, 0.3) is 5.91 Å². The van der Waals surface area contributed by atoms with Gasteiger partial charge >= 0.3 is 0 Å². The first-order chi connectivity index (χ1) is 10.3. The zero-order chi connectivity index (χ0) is 14.7. The van der Waals surface area contributed by atoms with Gasteiger partial charge in [-0.2, -0.15) is 0 Å². The number of primary amides is 1. The number of piperazine rings is 1. The second-order valence-electron chi connectivity index (χ2n) is 5.06. The number of rotatable bonds is 3. The van der Waals surface area contributed by atoms with E-state index in [1.165, 1.54) is 5.69 Å². The molecular formula is C16H18N4O. The molecule has 5 heteroatoms. The monoisotopic (exact) mass is 282 g/mol. The summed E-state index contributed by atoms with van der Waals surface area (Å²) in [6, 6.07) is 11.6. The maximum Gasteiger partial charge on any atom is 0.250 e. The zero-order valence-corrected chi connectivity index (χ0v) is 11.8. The minimum Gasteiger partial charge on any atom is -0.368 e. The first kappa shape index (κ1) is 13.4. The predicted octanol–water partition coefficient (Wildman–Crippen LogP) is 1.51. The lowest BCUT2D eigenvalue weighted by Crippen LogP contribution is -2.47. The summed E-state index contributed by atoms with van der Waals surface area (Å²) in [7, 11) is 0. The molecule has 1 aliphatic rings. The number of hydrogen-bond donors (Lipinski definition) is 1. The molecule has 1 aromatic heterocycles. The molecule has 108 valence electrons. The van der Waals surface area contributed by atoms with Crippen LogP contribution in [0.4, 0.5) is 11.4 Å². The number of para-hydroxylation sites is 1. The number of pyridine rings is 1. The Morgan fingerprint density at radius 2 is 1.57 bits per heavy atom. The van der Waals surface area contributed by atoms with Gasteiger partial charge in [0.05, 0.1) is 5.56 Å². The zero-order valence-electron chi connectivity index (χ0n) is 11.8. The van der Waals surface area contributed by atoms with Crippen molar-refractivity contribution in [2.45, 2.75) is 0 Å². The first-order valence-corrected chi connectivity index (χ1v) is 7.04. The van der Waals surface area contributed by atoms with Crippen LogP contribution in [0, 0.1) is 0 Å². The summed E-state index contributed by atoms with van der Waals surface area (Å²) >= 11 is 0. The summed E-state index contributed by atoms with van der Waals surface area (Å²) in [5.74, 6) is -0.373. The maximum atomic E-state index is 11.5. The molecule has 0 aliphatic carbocycles. The van der Waals surface area contributed by atoms with Gasteiger partial charge in [0.1, 0.15) is 0 Å². The van der Waals surface area contributed by atoms with E-state index in [9.17, 15) is 4.79 Å². The van der Waals surface area contributed by atoms with E-state index in [2.05, 4.69) is 14.8 Å². The smallest absolute Gasteiger partial charge is 0.250 e. The highest BCUT2D eigenvalue weighted by atomic mass is 16.1. The maximum absolute atomic E-state index is 11.5. The van der Waals surface area contributed by atoms with E-state index < -0.39 is 0 Å². The van der Waals surface area contributed by atoms with Crippen LogP contribution in [0.1, 0.15) is 10.4 Å². The third-order valence-corrected chi connectivity index (χ3v) is 3.82. The molecule has 5 nitrogen and oxygen atoms in total. The molecule has 1 aromatic carbocycles. The van der Waals surface area contributed by atoms with Crippen molar-refractivity contribution >= 4 is 17.3 Å². The standard InChI is InChI=1S/C16H18N4O/c17-16(21)14-3-1-2-4-15(14)20-11-9-19(10-12-20)13-5-7-18-8-6-13/h1-8H,9-12H2,(H2,17,21). The van der Waals surface area contributed by atoms with E-state index in [4.69, 9.17) is 5.73 Å². The Morgan fingerprint density at radius 1 is 0.952 bits per heavy atom. The van der Waals surface area contributed by atoms with E-state index in [-0.39, 0.29) is 5.91 Å². The summed E-state index contributed by atoms with van der Waals surface area (Å²) < 4.78 is 0. The summed E-state index contributed by atoms with van der Waals surface area (Å²) in [5, 5.41) is 0. The van der Waals surface area contributed by atoms with Gasteiger partial charge in [-0.3, -0.25) is 9.78 Å². The van der Waals surface area contributed by atoms with E-state index in [1.807, 2.05) is 42.7 Å². The predicted molar refractivity (Wildman–Crippen MR) is 83.6 cm³/mol. The molecule has 3 rings (SSSR count). The fraction of sp³-hybridized carbons (Fsp3) is 0.250. The molecule has 2 N–H and O–H groups in total. The fourth-order valence-corrected chi connectivity index (χ4v) is 2.72. The second kappa shape index (κ2) is 5.83. The Labute approximate surface area is 124 Å². The Balaban J connectivity index is 1.73. The fourth-order valence-electron chi connectivity index (χ4n) is 2.72. The number of hydrogen-bond acceptors (Lipinski definition) is 4. The molecule has 0 atom stereocenters. The van der Waals surface area contributed by atoms with Gasteiger partial charge in [-0.05, 0) is 24.3 Å². The Bertz CT molecular complexity index is 621. The highest BCUT2D eigenvalue weighted by Crippen LogP contribution is 2.23. The van der Waals surface area contributed by atoms with Crippen LogP contribution in [0.2, 0.25) is 0 Å². The van der Waals surface area contributed by atoms with Crippen LogP contribution >= 0.6 is 0 Å². The summed E-state index contributed by atoms with van der Waals surface area (Å²) in [5.41, 5.74) is 8.17. The molecule has 0 bridgehead atoms. The van der Waals surface area contributed by atoms with Gasteiger partial charge in [-0.1, -0.05) is 12.1 Å². The normalized spacial score (nSPS) is 15.0. The number of benzene rings is 1. The van der Waals surface area contributed by atoms with Crippen LogP contribution in [-0.4, -0.2) is 37.1 Å². The lowest BCUT2D eigenvalue weighted by atomic mass is 10.1. The minimum atomic E-state index is -0.373. The van der Waals surface area contributed by atoms with Gasteiger partial charge in [0, 0.05) is 49.9 Å². The number of carbonyl (C=O) groups is 1. The summed E-state index contributed by atoms with van der Waals surface area (Å²) in [6.45, 7) is 3.56. The Hall–Kier alpha value is -2.56. The van der Waals surface area contributed by atoms with Gasteiger partial charge in [-0.15, -0.1) is 0 Å². The number of nitrogens with two attached hydrogens (primary N) is 1. The van der Waals surface area contributed by atoms with Crippen molar-refractivity contribution in [3.63, 3.8) is 0 Å². The summed E-state index contributed by atoms with van der Waals surface area (Å²) in [6.07, 6.45) is 3.62. The molecule has 2 heterocycles. The molecule has 0 radical (unpaired) electrons. The van der Waals surface area contributed by atoms with Crippen molar-refractivity contribution < 1.29 is 4.79 Å². The molecule has 1 amide bonds. The van der Waals surface area contributed by atoms with Crippen LogP contribution < -0.4 is 15.5 Å². The van der Waals surface area contributed by atoms with Gasteiger partial charge < -0.3 is 15.5 Å². The third-order valence-electron chi connectivity index (χ3n) is 3.82. The first-order valence-electron chi connectivity index (χ1n) is 7.04. The quantitative estimate of drug-likeness (QED) is 0.927. The van der Waals surface area contributed by atoms with E-state index >= 15 is 0 Å². The van der Waals surface area contributed by atoms with Gasteiger partial charge in [-0.25, -0.2) is 0 Å². The molecule has 0 spiro atoms. The van der Waals surface area contributed by atoms with E-state index in [0.717, 1.165) is 31.9 Å². The highest BCUT2D eigenvalue weighted by Gasteiger charge is 2.20. The Kier molecular flexibility index (Phi) is 3.73. The molecule has 2 aromatic rings.